The van der Waals surface area contributed by atoms with Crippen molar-refractivity contribution in [3.05, 3.63) is 43.8 Å². The lowest BCUT2D eigenvalue weighted by atomic mass is 10.1. The zero-order valence-electron chi connectivity index (χ0n) is 10.4. The van der Waals surface area contributed by atoms with Gasteiger partial charge in [-0.25, -0.2) is 4.98 Å². The second kappa shape index (κ2) is 5.82. The molecule has 0 aliphatic rings. The van der Waals surface area contributed by atoms with Gasteiger partial charge in [0, 0.05) is 16.4 Å². The molecule has 0 bridgehead atoms. The zero-order valence-corrected chi connectivity index (χ0v) is 12.8. The summed E-state index contributed by atoms with van der Waals surface area (Å²) in [4.78, 5) is 4.37. The lowest BCUT2D eigenvalue weighted by Crippen LogP contribution is -1.99. The van der Waals surface area contributed by atoms with Gasteiger partial charge >= 0.3 is 0 Å². The highest BCUT2D eigenvalue weighted by Crippen LogP contribution is 2.26. The summed E-state index contributed by atoms with van der Waals surface area (Å²) in [5.74, 6) is 0.871. The van der Waals surface area contributed by atoms with Crippen LogP contribution in [-0.4, -0.2) is 4.98 Å². The van der Waals surface area contributed by atoms with Gasteiger partial charge < -0.3 is 10.5 Å². The molecule has 1 heterocycles. The number of thiazole rings is 1. The van der Waals surface area contributed by atoms with Gasteiger partial charge in [-0.2, -0.15) is 0 Å². The van der Waals surface area contributed by atoms with Crippen LogP contribution in [0.5, 0.6) is 5.75 Å². The molecule has 2 N–H and O–H groups in total. The average Bonchev–Trinajstić information content (AvgIpc) is 2.81. The van der Waals surface area contributed by atoms with Crippen molar-refractivity contribution in [1.82, 2.24) is 4.98 Å². The summed E-state index contributed by atoms with van der Waals surface area (Å²) in [7, 11) is 0. The topological polar surface area (TPSA) is 48.1 Å². The first-order valence-corrected chi connectivity index (χ1v) is 7.30. The lowest BCUT2D eigenvalue weighted by Gasteiger charge is -2.09. The first kappa shape index (κ1) is 13.5. The van der Waals surface area contributed by atoms with Crippen molar-refractivity contribution in [2.75, 3.05) is 0 Å². The van der Waals surface area contributed by atoms with Crippen LogP contribution in [0.25, 0.3) is 0 Å². The Labute approximate surface area is 119 Å². The van der Waals surface area contributed by atoms with E-state index in [1.54, 1.807) is 11.3 Å². The molecule has 2 aromatic rings. The van der Waals surface area contributed by atoms with E-state index in [4.69, 9.17) is 10.5 Å². The van der Waals surface area contributed by atoms with Crippen LogP contribution in [0.3, 0.4) is 0 Å². The van der Waals surface area contributed by atoms with E-state index < -0.39 is 0 Å². The molecule has 96 valence electrons. The van der Waals surface area contributed by atoms with Crippen molar-refractivity contribution in [3.8, 4) is 5.75 Å². The Kier molecular flexibility index (Phi) is 4.37. The maximum absolute atomic E-state index is 5.75. The van der Waals surface area contributed by atoms with E-state index in [2.05, 4.69) is 34.8 Å². The molecule has 0 aliphatic carbocycles. The van der Waals surface area contributed by atoms with Crippen molar-refractivity contribution in [2.45, 2.75) is 27.0 Å². The minimum atomic E-state index is 0.483. The molecule has 0 unspecified atom stereocenters. The number of benzene rings is 1. The maximum Gasteiger partial charge on any atom is 0.131 e. The molecular formula is C13H15BrN2OS. The Morgan fingerprint density at radius 3 is 2.56 bits per heavy atom. The van der Waals surface area contributed by atoms with E-state index in [0.717, 1.165) is 20.9 Å². The van der Waals surface area contributed by atoms with Crippen LogP contribution in [0.15, 0.2) is 22.0 Å². The second-order valence-electron chi connectivity index (χ2n) is 4.10. The van der Waals surface area contributed by atoms with Crippen LogP contribution in [0.1, 0.15) is 21.8 Å². The minimum Gasteiger partial charge on any atom is -0.487 e. The van der Waals surface area contributed by atoms with Crippen molar-refractivity contribution >= 4 is 27.3 Å². The predicted molar refractivity (Wildman–Crippen MR) is 78.0 cm³/mol. The van der Waals surface area contributed by atoms with Crippen molar-refractivity contribution < 1.29 is 4.74 Å². The highest BCUT2D eigenvalue weighted by atomic mass is 79.9. The van der Waals surface area contributed by atoms with Gasteiger partial charge in [0.05, 0.1) is 5.69 Å². The largest absolute Gasteiger partial charge is 0.487 e. The van der Waals surface area contributed by atoms with E-state index in [-0.39, 0.29) is 0 Å². The van der Waals surface area contributed by atoms with Gasteiger partial charge in [-0.3, -0.25) is 0 Å². The summed E-state index contributed by atoms with van der Waals surface area (Å²) in [5, 5.41) is 2.93. The number of aryl methyl sites for hydroxylation is 2. The molecule has 0 amide bonds. The molecule has 0 spiro atoms. The molecule has 0 radical (unpaired) electrons. The smallest absolute Gasteiger partial charge is 0.131 e. The van der Waals surface area contributed by atoms with Gasteiger partial charge in [-0.1, -0.05) is 15.9 Å². The maximum atomic E-state index is 5.75. The SMILES string of the molecule is Cc1cc(OCc2csc(CN)n2)cc(C)c1Br. The Balaban J connectivity index is 2.06. The Morgan fingerprint density at radius 1 is 1.33 bits per heavy atom. The van der Waals surface area contributed by atoms with Crippen LogP contribution < -0.4 is 10.5 Å². The first-order valence-electron chi connectivity index (χ1n) is 5.63. The van der Waals surface area contributed by atoms with Crippen molar-refractivity contribution in [1.29, 1.82) is 0 Å². The Morgan fingerprint density at radius 2 is 2.00 bits per heavy atom. The monoisotopic (exact) mass is 326 g/mol. The van der Waals surface area contributed by atoms with Crippen LogP contribution in [0.2, 0.25) is 0 Å². The zero-order chi connectivity index (χ0) is 13.1. The quantitative estimate of drug-likeness (QED) is 0.934. The fraction of sp³-hybridized carbons (Fsp3) is 0.308. The summed E-state index contributed by atoms with van der Waals surface area (Å²) >= 11 is 5.11. The number of halogens is 1. The Hall–Kier alpha value is -0.910. The van der Waals surface area contributed by atoms with Crippen molar-refractivity contribution in [3.63, 3.8) is 0 Å². The number of hydrogen-bond donors (Lipinski definition) is 1. The molecule has 3 nitrogen and oxygen atoms in total. The first-order chi connectivity index (χ1) is 8.60. The molecule has 5 heteroatoms. The minimum absolute atomic E-state index is 0.483. The van der Waals surface area contributed by atoms with E-state index in [1.807, 2.05) is 17.5 Å². The Bertz CT molecular complexity index is 531. The lowest BCUT2D eigenvalue weighted by molar-refractivity contribution is 0.301. The summed E-state index contributed by atoms with van der Waals surface area (Å²) in [6.45, 7) is 5.08. The number of nitrogens with two attached hydrogens (primary N) is 1. The van der Waals surface area contributed by atoms with E-state index in [0.29, 0.717) is 13.2 Å². The average molecular weight is 327 g/mol. The highest BCUT2D eigenvalue weighted by Gasteiger charge is 2.05. The van der Waals surface area contributed by atoms with Gasteiger partial charge in [-0.15, -0.1) is 11.3 Å². The fourth-order valence-corrected chi connectivity index (χ4v) is 2.54. The standard InChI is InChI=1S/C13H15BrN2OS/c1-8-3-11(4-9(2)13(8)14)17-6-10-7-18-12(5-15)16-10/h3-4,7H,5-6,15H2,1-2H3. The molecule has 0 atom stereocenters. The number of aromatic nitrogens is 1. The molecule has 1 aromatic carbocycles. The summed E-state index contributed by atoms with van der Waals surface area (Å²) in [6.07, 6.45) is 0. The van der Waals surface area contributed by atoms with Gasteiger partial charge in [-0.05, 0) is 37.1 Å². The summed E-state index contributed by atoms with van der Waals surface area (Å²) < 4.78 is 6.88. The number of rotatable bonds is 4. The fourth-order valence-electron chi connectivity index (χ4n) is 1.66. The third-order valence-corrected chi connectivity index (χ3v) is 4.74. The van der Waals surface area contributed by atoms with Crippen molar-refractivity contribution in [2.24, 2.45) is 5.73 Å². The molecule has 1 aromatic heterocycles. The van der Waals surface area contributed by atoms with E-state index in [1.165, 1.54) is 11.1 Å². The molecule has 0 saturated heterocycles. The van der Waals surface area contributed by atoms with Gasteiger partial charge in [0.1, 0.15) is 17.4 Å². The molecule has 0 saturated carbocycles. The van der Waals surface area contributed by atoms with Gasteiger partial charge in [0.2, 0.25) is 0 Å². The van der Waals surface area contributed by atoms with Gasteiger partial charge in [0.25, 0.3) is 0 Å². The van der Waals surface area contributed by atoms with E-state index >= 15 is 0 Å². The molecule has 18 heavy (non-hydrogen) atoms. The predicted octanol–water partition coefficient (Wildman–Crippen LogP) is 3.56. The second-order valence-corrected chi connectivity index (χ2v) is 5.83. The molecule has 2 rings (SSSR count). The highest BCUT2D eigenvalue weighted by molar-refractivity contribution is 9.10. The summed E-state index contributed by atoms with van der Waals surface area (Å²) in [5.41, 5.74) is 8.80. The molecular weight excluding hydrogens is 312 g/mol. The third kappa shape index (κ3) is 3.10. The number of nitrogens with zero attached hydrogens (tertiary/aromatic N) is 1. The molecule has 0 aliphatic heterocycles. The number of ether oxygens (including phenoxy) is 1. The number of hydrogen-bond acceptors (Lipinski definition) is 4. The third-order valence-electron chi connectivity index (χ3n) is 2.57. The van der Waals surface area contributed by atoms with Crippen LogP contribution in [0, 0.1) is 13.8 Å². The molecule has 0 fully saturated rings. The van der Waals surface area contributed by atoms with Crippen LogP contribution in [-0.2, 0) is 13.2 Å². The van der Waals surface area contributed by atoms with Crippen LogP contribution >= 0.6 is 27.3 Å². The van der Waals surface area contributed by atoms with Crippen LogP contribution in [0.4, 0.5) is 0 Å². The van der Waals surface area contributed by atoms with E-state index in [9.17, 15) is 0 Å². The normalized spacial score (nSPS) is 10.7. The van der Waals surface area contributed by atoms with Gasteiger partial charge in [0.15, 0.2) is 0 Å². The summed E-state index contributed by atoms with van der Waals surface area (Å²) in [6, 6.07) is 4.04.